The minimum absolute atomic E-state index is 0.462. The van der Waals surface area contributed by atoms with Crippen molar-refractivity contribution in [1.82, 2.24) is 4.90 Å². The molecule has 2 saturated carbocycles. The Balaban J connectivity index is 1.66. The summed E-state index contributed by atoms with van der Waals surface area (Å²) in [6.45, 7) is 8.61. The van der Waals surface area contributed by atoms with Crippen molar-refractivity contribution in [2.75, 3.05) is 27.8 Å². The van der Waals surface area contributed by atoms with Crippen molar-refractivity contribution in [2.24, 2.45) is 16.7 Å². The third-order valence-corrected chi connectivity index (χ3v) is 7.48. The summed E-state index contributed by atoms with van der Waals surface area (Å²) in [4.78, 5) is 2.61. The topological polar surface area (TPSA) is 21.7 Å². The van der Waals surface area contributed by atoms with Gasteiger partial charge >= 0.3 is 0 Å². The summed E-state index contributed by atoms with van der Waals surface area (Å²) in [6, 6.07) is 6.99. The lowest BCUT2D eigenvalue weighted by Crippen LogP contribution is -2.46. The molecule has 0 aromatic heterocycles. The van der Waals surface area contributed by atoms with E-state index in [0.29, 0.717) is 16.9 Å². The Hall–Kier alpha value is -1.22. The predicted octanol–water partition coefficient (Wildman–Crippen LogP) is 4.39. The van der Waals surface area contributed by atoms with Crippen LogP contribution < -0.4 is 9.47 Å². The molecule has 24 heavy (non-hydrogen) atoms. The highest BCUT2D eigenvalue weighted by atomic mass is 16.5. The molecule has 0 spiro atoms. The Morgan fingerprint density at radius 3 is 2.38 bits per heavy atom. The zero-order valence-electron chi connectivity index (χ0n) is 16.2. The second-order valence-electron chi connectivity index (χ2n) is 8.55. The summed E-state index contributed by atoms with van der Waals surface area (Å²) in [6.07, 6.45) is 5.22. The molecular formula is C21H33NO2. The first-order valence-corrected chi connectivity index (χ1v) is 9.24. The van der Waals surface area contributed by atoms with Crippen molar-refractivity contribution in [2.45, 2.75) is 52.5 Å². The van der Waals surface area contributed by atoms with E-state index in [1.807, 2.05) is 6.07 Å². The minimum Gasteiger partial charge on any atom is -0.493 e. The Bertz CT molecular complexity index is 598. The van der Waals surface area contributed by atoms with E-state index in [1.54, 1.807) is 14.2 Å². The van der Waals surface area contributed by atoms with Gasteiger partial charge in [0.15, 0.2) is 11.5 Å². The van der Waals surface area contributed by atoms with Crippen LogP contribution in [-0.4, -0.2) is 38.8 Å². The average Bonchev–Trinajstić information content (AvgIpc) is 2.92. The molecule has 3 unspecified atom stereocenters. The van der Waals surface area contributed by atoms with E-state index in [4.69, 9.17) is 9.47 Å². The van der Waals surface area contributed by atoms with Crippen LogP contribution in [0, 0.1) is 16.7 Å². The van der Waals surface area contributed by atoms with Crippen LogP contribution in [0.1, 0.15) is 45.6 Å². The van der Waals surface area contributed by atoms with Gasteiger partial charge in [-0.3, -0.25) is 0 Å². The minimum atomic E-state index is 0.462. The molecule has 0 amide bonds. The monoisotopic (exact) mass is 331 g/mol. The van der Waals surface area contributed by atoms with E-state index in [0.717, 1.165) is 30.4 Å². The number of likely N-dealkylation sites (N-methyl/N-ethyl adjacent to an activating group) is 1. The molecule has 3 atom stereocenters. The van der Waals surface area contributed by atoms with Gasteiger partial charge in [0.05, 0.1) is 14.2 Å². The molecule has 2 aliphatic carbocycles. The summed E-state index contributed by atoms with van der Waals surface area (Å²) in [5.74, 6) is 2.53. The molecule has 134 valence electrons. The largest absolute Gasteiger partial charge is 0.493 e. The van der Waals surface area contributed by atoms with Gasteiger partial charge in [0.2, 0.25) is 0 Å². The van der Waals surface area contributed by atoms with Crippen LogP contribution in [0.2, 0.25) is 0 Å². The maximum atomic E-state index is 5.43. The lowest BCUT2D eigenvalue weighted by Gasteiger charge is -2.43. The molecule has 3 nitrogen and oxygen atoms in total. The van der Waals surface area contributed by atoms with Crippen LogP contribution in [0.3, 0.4) is 0 Å². The summed E-state index contributed by atoms with van der Waals surface area (Å²) in [5, 5.41) is 0. The summed E-state index contributed by atoms with van der Waals surface area (Å²) in [7, 11) is 5.70. The molecule has 0 N–H and O–H groups in total. The quantitative estimate of drug-likeness (QED) is 0.771. The van der Waals surface area contributed by atoms with Crippen molar-refractivity contribution < 1.29 is 9.47 Å². The molecule has 2 fully saturated rings. The first kappa shape index (κ1) is 17.6. The lowest BCUT2D eigenvalue weighted by atomic mass is 9.69. The van der Waals surface area contributed by atoms with Crippen molar-refractivity contribution in [3.05, 3.63) is 23.8 Å². The third-order valence-electron chi connectivity index (χ3n) is 7.48. The zero-order chi connectivity index (χ0) is 17.5. The van der Waals surface area contributed by atoms with Crippen molar-refractivity contribution in [1.29, 1.82) is 0 Å². The molecule has 2 aliphatic rings. The van der Waals surface area contributed by atoms with Gasteiger partial charge in [0.25, 0.3) is 0 Å². The molecule has 0 heterocycles. The molecule has 0 radical (unpaired) electrons. The first-order chi connectivity index (χ1) is 11.3. The molecule has 1 aromatic carbocycles. The fourth-order valence-corrected chi connectivity index (χ4v) is 5.33. The van der Waals surface area contributed by atoms with Crippen LogP contribution >= 0.6 is 0 Å². The third kappa shape index (κ3) is 2.61. The van der Waals surface area contributed by atoms with Crippen molar-refractivity contribution in [3.63, 3.8) is 0 Å². The van der Waals surface area contributed by atoms with Crippen LogP contribution in [-0.2, 0) is 6.42 Å². The van der Waals surface area contributed by atoms with E-state index >= 15 is 0 Å². The second kappa shape index (κ2) is 6.25. The summed E-state index contributed by atoms with van der Waals surface area (Å²) < 4.78 is 10.8. The van der Waals surface area contributed by atoms with Gasteiger partial charge in [0.1, 0.15) is 0 Å². The van der Waals surface area contributed by atoms with Crippen molar-refractivity contribution >= 4 is 0 Å². The molecule has 0 saturated heterocycles. The van der Waals surface area contributed by atoms with Gasteiger partial charge in [-0.25, -0.2) is 0 Å². The van der Waals surface area contributed by atoms with Crippen molar-refractivity contribution in [3.8, 4) is 11.5 Å². The Kier molecular flexibility index (Phi) is 4.59. The second-order valence-corrected chi connectivity index (χ2v) is 8.55. The Morgan fingerprint density at radius 2 is 1.83 bits per heavy atom. The van der Waals surface area contributed by atoms with E-state index in [1.165, 1.54) is 24.8 Å². The average molecular weight is 332 g/mol. The standard InChI is InChI=1S/C21H33NO2/c1-20(2)16-9-11-21(20,3)19(14-16)22(4)12-10-15-7-8-17(23-5)18(13-15)24-6/h7-8,13,16,19H,9-12,14H2,1-6H3. The smallest absolute Gasteiger partial charge is 0.160 e. The highest BCUT2D eigenvalue weighted by Gasteiger charge is 2.61. The van der Waals surface area contributed by atoms with Gasteiger partial charge in [-0.2, -0.15) is 0 Å². The SMILES string of the molecule is COc1ccc(CCN(C)C2CC3CCC2(C)C3(C)C)cc1OC. The van der Waals surface area contributed by atoms with Crippen LogP contribution in [0.5, 0.6) is 11.5 Å². The molecule has 3 heteroatoms. The van der Waals surface area contributed by atoms with Gasteiger partial charge in [-0.15, -0.1) is 0 Å². The van der Waals surface area contributed by atoms with Crippen LogP contribution in [0.25, 0.3) is 0 Å². The number of fused-ring (bicyclic) bond motifs is 2. The molecular weight excluding hydrogens is 298 g/mol. The zero-order valence-corrected chi connectivity index (χ0v) is 16.2. The highest BCUT2D eigenvalue weighted by Crippen LogP contribution is 2.66. The van der Waals surface area contributed by atoms with Crippen LogP contribution in [0.4, 0.5) is 0 Å². The van der Waals surface area contributed by atoms with E-state index in [-0.39, 0.29) is 0 Å². The van der Waals surface area contributed by atoms with Gasteiger partial charge in [-0.1, -0.05) is 26.8 Å². The van der Waals surface area contributed by atoms with E-state index in [9.17, 15) is 0 Å². The Labute approximate surface area is 147 Å². The fourth-order valence-electron chi connectivity index (χ4n) is 5.33. The number of methoxy groups -OCH3 is 2. The van der Waals surface area contributed by atoms with Gasteiger partial charge < -0.3 is 14.4 Å². The van der Waals surface area contributed by atoms with E-state index in [2.05, 4.69) is 44.9 Å². The number of ether oxygens (including phenoxy) is 2. The molecule has 1 aromatic rings. The fraction of sp³-hybridized carbons (Fsp3) is 0.714. The number of hydrogen-bond acceptors (Lipinski definition) is 3. The summed E-state index contributed by atoms with van der Waals surface area (Å²) >= 11 is 0. The summed E-state index contributed by atoms with van der Waals surface area (Å²) in [5.41, 5.74) is 2.26. The number of rotatable bonds is 6. The first-order valence-electron chi connectivity index (χ1n) is 9.24. The number of nitrogens with zero attached hydrogens (tertiary/aromatic N) is 1. The maximum Gasteiger partial charge on any atom is 0.160 e. The van der Waals surface area contributed by atoms with E-state index < -0.39 is 0 Å². The van der Waals surface area contributed by atoms with Gasteiger partial charge in [-0.05, 0) is 67.2 Å². The van der Waals surface area contributed by atoms with Crippen LogP contribution in [0.15, 0.2) is 18.2 Å². The Morgan fingerprint density at radius 1 is 1.12 bits per heavy atom. The number of hydrogen-bond donors (Lipinski definition) is 0. The maximum absolute atomic E-state index is 5.43. The number of benzene rings is 1. The van der Waals surface area contributed by atoms with Gasteiger partial charge in [0, 0.05) is 12.6 Å². The highest BCUT2D eigenvalue weighted by molar-refractivity contribution is 5.42. The molecule has 2 bridgehead atoms. The lowest BCUT2D eigenvalue weighted by molar-refractivity contribution is 0.0587. The molecule has 3 rings (SSSR count). The normalized spacial score (nSPS) is 30.8. The predicted molar refractivity (Wildman–Crippen MR) is 98.9 cm³/mol. The molecule has 0 aliphatic heterocycles.